The molecule has 0 unspecified atom stereocenters. The van der Waals surface area contributed by atoms with Gasteiger partial charge in [0.1, 0.15) is 16.9 Å². The van der Waals surface area contributed by atoms with Crippen LogP contribution in [0.15, 0.2) is 121 Å². The second-order valence-electron chi connectivity index (χ2n) is 10.7. The molecule has 4 aromatic carbocycles. The molecule has 0 saturated carbocycles. The van der Waals surface area contributed by atoms with Crippen molar-refractivity contribution in [3.8, 4) is 0 Å². The topological polar surface area (TPSA) is 51.7 Å². The van der Waals surface area contributed by atoms with E-state index in [-0.39, 0.29) is 4.65 Å². The van der Waals surface area contributed by atoms with Crippen molar-refractivity contribution in [2.24, 2.45) is 0 Å². The Balaban J connectivity index is 1.31. The molecule has 0 atom stereocenters. The number of benzene rings is 4. The SMILES string of the molecule is [O-][N+]1(c2ccc(CCc3c[nH]c(C(c4ccccc4)(c4ccccc4)c4ccccc4)n3)cc2)CCCCC1. The van der Waals surface area contributed by atoms with Crippen LogP contribution in [-0.2, 0) is 18.3 Å². The second kappa shape index (κ2) is 11.0. The molecule has 1 fully saturated rings. The van der Waals surface area contributed by atoms with E-state index in [9.17, 15) is 5.21 Å². The normalized spacial score (nSPS) is 15.2. The van der Waals surface area contributed by atoms with Crippen molar-refractivity contribution in [1.82, 2.24) is 14.6 Å². The third-order valence-electron chi connectivity index (χ3n) is 8.22. The van der Waals surface area contributed by atoms with Gasteiger partial charge in [-0.15, -0.1) is 0 Å². The van der Waals surface area contributed by atoms with Crippen molar-refractivity contribution in [3.63, 3.8) is 0 Å². The maximum absolute atomic E-state index is 13.2. The monoisotopic (exact) mass is 513 g/mol. The summed E-state index contributed by atoms with van der Waals surface area (Å²) >= 11 is 0. The number of piperidine rings is 1. The molecule has 0 aliphatic carbocycles. The van der Waals surface area contributed by atoms with Gasteiger partial charge in [0.05, 0.1) is 18.8 Å². The fourth-order valence-electron chi connectivity index (χ4n) is 6.14. The van der Waals surface area contributed by atoms with Crippen LogP contribution in [0.3, 0.4) is 0 Å². The third kappa shape index (κ3) is 4.94. The first-order chi connectivity index (χ1) is 19.2. The largest absolute Gasteiger partial charge is 0.627 e. The minimum Gasteiger partial charge on any atom is -0.627 e. The number of quaternary nitrogens is 1. The molecule has 39 heavy (non-hydrogen) atoms. The van der Waals surface area contributed by atoms with E-state index in [2.05, 4.69) is 114 Å². The van der Waals surface area contributed by atoms with Gasteiger partial charge in [0.2, 0.25) is 0 Å². The molecule has 196 valence electrons. The molecule has 1 N–H and O–H groups in total. The summed E-state index contributed by atoms with van der Waals surface area (Å²) in [7, 11) is 0. The van der Waals surface area contributed by atoms with Crippen molar-refractivity contribution in [1.29, 1.82) is 0 Å². The zero-order valence-electron chi connectivity index (χ0n) is 22.3. The molecule has 1 aromatic heterocycles. The molecule has 4 heteroatoms. The summed E-state index contributed by atoms with van der Waals surface area (Å²) in [6.45, 7) is 1.39. The van der Waals surface area contributed by atoms with Crippen LogP contribution in [0, 0.1) is 5.21 Å². The lowest BCUT2D eigenvalue weighted by Crippen LogP contribution is -2.47. The van der Waals surface area contributed by atoms with Gasteiger partial charge in [-0.3, -0.25) is 0 Å². The molecule has 1 aliphatic rings. The number of rotatable bonds is 8. The summed E-state index contributed by atoms with van der Waals surface area (Å²) in [5.41, 5.74) is 6.10. The predicted octanol–water partition coefficient (Wildman–Crippen LogP) is 7.57. The number of aromatic amines is 1. The molecule has 6 rings (SSSR count). The van der Waals surface area contributed by atoms with Gasteiger partial charge in [0.15, 0.2) is 0 Å². The molecule has 0 radical (unpaired) electrons. The van der Waals surface area contributed by atoms with E-state index in [1.165, 1.54) is 28.7 Å². The van der Waals surface area contributed by atoms with E-state index in [4.69, 9.17) is 4.98 Å². The lowest BCUT2D eigenvalue weighted by molar-refractivity contribution is 0.307. The average molecular weight is 514 g/mol. The molecule has 5 aromatic rings. The van der Waals surface area contributed by atoms with E-state index >= 15 is 0 Å². The Bertz CT molecular complexity index is 1380. The van der Waals surface area contributed by atoms with E-state index in [0.717, 1.165) is 42.9 Å². The summed E-state index contributed by atoms with van der Waals surface area (Å²) in [6, 6.07) is 40.2. The van der Waals surface area contributed by atoms with E-state index < -0.39 is 5.41 Å². The minimum atomic E-state index is -0.565. The Morgan fingerprint density at radius 1 is 0.641 bits per heavy atom. The van der Waals surface area contributed by atoms with Crippen molar-refractivity contribution in [2.75, 3.05) is 13.1 Å². The molecule has 2 heterocycles. The van der Waals surface area contributed by atoms with Crippen LogP contribution in [0.4, 0.5) is 5.69 Å². The van der Waals surface area contributed by atoms with Gasteiger partial charge in [-0.05, 0) is 66.5 Å². The fraction of sp³-hybridized carbons (Fsp3) is 0.229. The van der Waals surface area contributed by atoms with Crippen LogP contribution in [0.25, 0.3) is 0 Å². The van der Waals surface area contributed by atoms with E-state index in [1.54, 1.807) is 0 Å². The van der Waals surface area contributed by atoms with Crippen molar-refractivity contribution >= 4 is 5.69 Å². The van der Waals surface area contributed by atoms with Crippen LogP contribution >= 0.6 is 0 Å². The zero-order valence-corrected chi connectivity index (χ0v) is 22.3. The lowest BCUT2D eigenvalue weighted by Gasteiger charge is -2.44. The molecule has 1 aliphatic heterocycles. The number of nitrogens with zero attached hydrogens (tertiary/aromatic N) is 2. The molecule has 4 nitrogen and oxygen atoms in total. The Morgan fingerprint density at radius 3 is 1.67 bits per heavy atom. The lowest BCUT2D eigenvalue weighted by atomic mass is 9.69. The van der Waals surface area contributed by atoms with Crippen molar-refractivity contribution in [2.45, 2.75) is 37.5 Å². The number of nitrogens with one attached hydrogen (secondary N) is 1. The highest BCUT2D eigenvalue weighted by atomic mass is 16.5. The summed E-state index contributed by atoms with van der Waals surface area (Å²) < 4.78 is -0.177. The number of hydroxylamine groups is 2. The standard InChI is InChI=1S/C35H35N3O/c39-38(25-11-4-12-26-38)33-23-20-28(21-24-33)19-22-32-27-36-34(37-32)35(29-13-5-1-6-14-29,30-15-7-2-8-16-30)31-17-9-3-10-18-31/h1-3,5-10,13-18,20-21,23-24,27H,4,11-12,19,22,25-26H2,(H,36,37). The minimum absolute atomic E-state index is 0.177. The van der Waals surface area contributed by atoms with Crippen LogP contribution in [0.1, 0.15) is 53.0 Å². The fourth-order valence-corrected chi connectivity index (χ4v) is 6.14. The molecule has 1 saturated heterocycles. The number of imidazole rings is 1. The number of aryl methyl sites for hydroxylation is 2. The summed E-state index contributed by atoms with van der Waals surface area (Å²) in [6.07, 6.45) is 6.96. The average Bonchev–Trinajstić information content (AvgIpc) is 3.48. The number of hydrogen-bond acceptors (Lipinski definition) is 2. The third-order valence-corrected chi connectivity index (χ3v) is 8.22. The Kier molecular flexibility index (Phi) is 7.14. The van der Waals surface area contributed by atoms with Gasteiger partial charge < -0.3 is 14.8 Å². The van der Waals surface area contributed by atoms with Gasteiger partial charge in [-0.1, -0.05) is 103 Å². The Hall–Kier alpha value is -3.99. The summed E-state index contributed by atoms with van der Waals surface area (Å²) in [5.74, 6) is 0.916. The summed E-state index contributed by atoms with van der Waals surface area (Å²) in [5, 5.41) is 13.2. The zero-order chi connectivity index (χ0) is 26.5. The number of H-pyrrole nitrogens is 1. The van der Waals surface area contributed by atoms with Gasteiger partial charge in [0, 0.05) is 6.20 Å². The van der Waals surface area contributed by atoms with Crippen LogP contribution in [0.5, 0.6) is 0 Å². The predicted molar refractivity (Wildman–Crippen MR) is 159 cm³/mol. The Labute approximate surface area is 231 Å². The molecule has 0 spiro atoms. The van der Waals surface area contributed by atoms with Crippen molar-refractivity contribution in [3.05, 3.63) is 160 Å². The highest BCUT2D eigenvalue weighted by molar-refractivity contribution is 5.56. The highest BCUT2D eigenvalue weighted by Gasteiger charge is 2.40. The van der Waals surface area contributed by atoms with Crippen LogP contribution in [0.2, 0.25) is 0 Å². The second-order valence-corrected chi connectivity index (χ2v) is 10.7. The first kappa shape index (κ1) is 25.3. The highest BCUT2D eigenvalue weighted by Crippen LogP contribution is 2.43. The molecular weight excluding hydrogens is 478 g/mol. The smallest absolute Gasteiger partial charge is 0.132 e. The number of hydrogen-bond donors (Lipinski definition) is 1. The van der Waals surface area contributed by atoms with E-state index in [1.807, 2.05) is 12.1 Å². The maximum Gasteiger partial charge on any atom is 0.132 e. The van der Waals surface area contributed by atoms with Crippen LogP contribution in [-0.4, -0.2) is 23.1 Å². The van der Waals surface area contributed by atoms with Crippen molar-refractivity contribution < 1.29 is 0 Å². The molecular formula is C35H35N3O. The van der Waals surface area contributed by atoms with Gasteiger partial charge in [-0.2, -0.15) is 0 Å². The summed E-state index contributed by atoms with van der Waals surface area (Å²) in [4.78, 5) is 8.80. The maximum atomic E-state index is 13.2. The molecule has 0 bridgehead atoms. The van der Waals surface area contributed by atoms with Crippen LogP contribution < -0.4 is 4.65 Å². The number of aromatic nitrogens is 2. The first-order valence-electron chi connectivity index (χ1n) is 14.1. The quantitative estimate of drug-likeness (QED) is 0.132. The van der Waals surface area contributed by atoms with Gasteiger partial charge in [-0.25, -0.2) is 4.98 Å². The molecule has 0 amide bonds. The van der Waals surface area contributed by atoms with Gasteiger partial charge >= 0.3 is 0 Å². The van der Waals surface area contributed by atoms with E-state index in [0.29, 0.717) is 13.1 Å². The van der Waals surface area contributed by atoms with Gasteiger partial charge in [0.25, 0.3) is 0 Å². The first-order valence-corrected chi connectivity index (χ1v) is 14.1. The Morgan fingerprint density at radius 2 is 1.15 bits per heavy atom.